The first-order valence-corrected chi connectivity index (χ1v) is 5.23. The molecule has 0 aliphatic carbocycles. The molecule has 2 aromatic rings. The van der Waals surface area contributed by atoms with Crippen molar-refractivity contribution in [1.29, 1.82) is 0 Å². The van der Waals surface area contributed by atoms with Gasteiger partial charge >= 0.3 is 0 Å². The fourth-order valence-corrected chi connectivity index (χ4v) is 1.73. The van der Waals surface area contributed by atoms with Gasteiger partial charge in [0.25, 0.3) is 0 Å². The van der Waals surface area contributed by atoms with Crippen LogP contribution < -0.4 is 0 Å². The van der Waals surface area contributed by atoms with Gasteiger partial charge in [-0.25, -0.2) is 0 Å². The maximum atomic E-state index is 2.32. The third kappa shape index (κ3) is 1.79. The van der Waals surface area contributed by atoms with E-state index in [1.165, 1.54) is 22.8 Å². The molecule has 0 spiro atoms. The Morgan fingerprint density at radius 2 is 1.79 bits per heavy atom. The summed E-state index contributed by atoms with van der Waals surface area (Å²) in [6, 6.07) is 15.0. The van der Waals surface area contributed by atoms with Gasteiger partial charge in [0.05, 0.1) is 0 Å². The maximum absolute atomic E-state index is 2.32. The highest BCUT2D eigenvalue weighted by atomic mass is 14.0. The second-order valence-electron chi connectivity index (χ2n) is 3.56. The lowest BCUT2D eigenvalue weighted by Gasteiger charge is -2.04. The SMILES string of the molecule is CCC[CH]c1cccc2ccccc12. The van der Waals surface area contributed by atoms with Gasteiger partial charge in [-0.1, -0.05) is 55.8 Å². The Labute approximate surface area is 85.6 Å². The zero-order chi connectivity index (χ0) is 9.80. The highest BCUT2D eigenvalue weighted by molar-refractivity contribution is 5.86. The summed E-state index contributed by atoms with van der Waals surface area (Å²) in [7, 11) is 0. The Balaban J connectivity index is 2.43. The molecule has 0 aromatic heterocycles. The van der Waals surface area contributed by atoms with Crippen molar-refractivity contribution in [1.82, 2.24) is 0 Å². The third-order valence-corrected chi connectivity index (χ3v) is 2.48. The molecular weight excluding hydrogens is 168 g/mol. The molecule has 0 aliphatic rings. The highest BCUT2D eigenvalue weighted by Gasteiger charge is 1.98. The van der Waals surface area contributed by atoms with E-state index in [9.17, 15) is 0 Å². The molecule has 2 rings (SSSR count). The van der Waals surface area contributed by atoms with Gasteiger partial charge in [0.2, 0.25) is 0 Å². The molecule has 0 heterocycles. The molecule has 0 heteroatoms. The van der Waals surface area contributed by atoms with Crippen molar-refractivity contribution in [3.05, 3.63) is 54.4 Å². The van der Waals surface area contributed by atoms with E-state index < -0.39 is 0 Å². The van der Waals surface area contributed by atoms with Gasteiger partial charge in [-0.05, 0) is 29.2 Å². The van der Waals surface area contributed by atoms with E-state index in [1.807, 2.05) is 0 Å². The minimum Gasteiger partial charge on any atom is -0.0654 e. The van der Waals surface area contributed by atoms with Crippen LogP contribution in [-0.2, 0) is 0 Å². The number of rotatable bonds is 3. The molecule has 0 saturated carbocycles. The fourth-order valence-electron chi connectivity index (χ4n) is 1.73. The molecular formula is C14H15. The van der Waals surface area contributed by atoms with Crippen molar-refractivity contribution in [3.8, 4) is 0 Å². The van der Waals surface area contributed by atoms with Gasteiger partial charge in [0.1, 0.15) is 0 Å². The summed E-state index contributed by atoms with van der Waals surface area (Å²) in [6.07, 6.45) is 4.69. The molecule has 0 bridgehead atoms. The maximum Gasteiger partial charge on any atom is -0.00868 e. The van der Waals surface area contributed by atoms with Gasteiger partial charge in [-0.15, -0.1) is 0 Å². The van der Waals surface area contributed by atoms with Crippen molar-refractivity contribution < 1.29 is 0 Å². The third-order valence-electron chi connectivity index (χ3n) is 2.48. The summed E-state index contributed by atoms with van der Waals surface area (Å²) in [6.45, 7) is 2.21. The van der Waals surface area contributed by atoms with E-state index >= 15 is 0 Å². The predicted octanol–water partition coefficient (Wildman–Crippen LogP) is 4.19. The summed E-state index contributed by atoms with van der Waals surface area (Å²) < 4.78 is 0. The van der Waals surface area contributed by atoms with Crippen LogP contribution in [-0.4, -0.2) is 0 Å². The molecule has 1 radical (unpaired) electrons. The fraction of sp³-hybridized carbons (Fsp3) is 0.214. The topological polar surface area (TPSA) is 0 Å². The van der Waals surface area contributed by atoms with Crippen LogP contribution in [0.5, 0.6) is 0 Å². The van der Waals surface area contributed by atoms with Gasteiger partial charge in [0.15, 0.2) is 0 Å². The lowest BCUT2D eigenvalue weighted by Crippen LogP contribution is -1.83. The molecule has 14 heavy (non-hydrogen) atoms. The second-order valence-corrected chi connectivity index (χ2v) is 3.56. The average molecular weight is 183 g/mol. The Bertz CT molecular complexity index is 410. The van der Waals surface area contributed by atoms with Crippen molar-refractivity contribution in [2.45, 2.75) is 19.8 Å². The smallest absolute Gasteiger partial charge is 0.00868 e. The number of fused-ring (bicyclic) bond motifs is 1. The molecule has 71 valence electrons. The second kappa shape index (κ2) is 4.28. The number of benzene rings is 2. The molecule has 0 N–H and O–H groups in total. The van der Waals surface area contributed by atoms with E-state index in [0.29, 0.717) is 0 Å². The Kier molecular flexibility index (Phi) is 2.83. The number of unbranched alkanes of at least 4 members (excludes halogenated alkanes) is 1. The van der Waals surface area contributed by atoms with E-state index in [4.69, 9.17) is 0 Å². The van der Waals surface area contributed by atoms with Crippen LogP contribution in [0.15, 0.2) is 42.5 Å². The summed E-state index contributed by atoms with van der Waals surface area (Å²) in [5, 5.41) is 2.70. The van der Waals surface area contributed by atoms with Crippen molar-refractivity contribution in [2.24, 2.45) is 0 Å². The zero-order valence-corrected chi connectivity index (χ0v) is 8.53. The quantitative estimate of drug-likeness (QED) is 0.669. The molecule has 0 atom stereocenters. The highest BCUT2D eigenvalue weighted by Crippen LogP contribution is 2.20. The molecule has 0 unspecified atom stereocenters. The van der Waals surface area contributed by atoms with Crippen LogP contribution in [0.2, 0.25) is 0 Å². The van der Waals surface area contributed by atoms with Gasteiger partial charge in [0, 0.05) is 0 Å². The van der Waals surface area contributed by atoms with Gasteiger partial charge in [-0.2, -0.15) is 0 Å². The molecule has 0 fully saturated rings. The van der Waals surface area contributed by atoms with E-state index in [1.54, 1.807) is 0 Å². The molecule has 0 saturated heterocycles. The lowest BCUT2D eigenvalue weighted by atomic mass is 10.0. The molecule has 2 aromatic carbocycles. The molecule has 0 amide bonds. The summed E-state index contributed by atoms with van der Waals surface area (Å²) in [4.78, 5) is 0. The van der Waals surface area contributed by atoms with Crippen LogP contribution in [0.3, 0.4) is 0 Å². The molecule has 0 nitrogen and oxygen atoms in total. The standard InChI is InChI=1S/C14H15/c1-2-3-7-12-9-6-10-13-8-4-5-11-14(12)13/h4-11H,2-3H2,1H3. The minimum atomic E-state index is 1.16. The predicted molar refractivity (Wildman–Crippen MR) is 62.3 cm³/mol. The van der Waals surface area contributed by atoms with Gasteiger partial charge in [-0.3, -0.25) is 0 Å². The summed E-state index contributed by atoms with van der Waals surface area (Å²) in [5.74, 6) is 0. The van der Waals surface area contributed by atoms with Crippen LogP contribution in [0.1, 0.15) is 25.3 Å². The van der Waals surface area contributed by atoms with Crippen LogP contribution in [0, 0.1) is 6.42 Å². The van der Waals surface area contributed by atoms with Crippen LogP contribution in [0.4, 0.5) is 0 Å². The first kappa shape index (κ1) is 9.26. The summed E-state index contributed by atoms with van der Waals surface area (Å²) in [5.41, 5.74) is 1.37. The number of hydrogen-bond acceptors (Lipinski definition) is 0. The van der Waals surface area contributed by atoms with Crippen LogP contribution in [0.25, 0.3) is 10.8 Å². The van der Waals surface area contributed by atoms with E-state index in [0.717, 1.165) is 6.42 Å². The Morgan fingerprint density at radius 1 is 1.00 bits per heavy atom. The number of hydrogen-bond donors (Lipinski definition) is 0. The monoisotopic (exact) mass is 183 g/mol. The average Bonchev–Trinajstić information content (AvgIpc) is 2.26. The first-order chi connectivity index (χ1) is 6.92. The largest absolute Gasteiger partial charge is 0.0654 e. The normalized spacial score (nSPS) is 10.6. The zero-order valence-electron chi connectivity index (χ0n) is 8.53. The van der Waals surface area contributed by atoms with E-state index in [2.05, 4.69) is 55.8 Å². The first-order valence-electron chi connectivity index (χ1n) is 5.23. The van der Waals surface area contributed by atoms with Gasteiger partial charge < -0.3 is 0 Å². The van der Waals surface area contributed by atoms with Crippen molar-refractivity contribution in [3.63, 3.8) is 0 Å². The Morgan fingerprint density at radius 3 is 2.64 bits per heavy atom. The van der Waals surface area contributed by atoms with Crippen molar-refractivity contribution >= 4 is 10.8 Å². The van der Waals surface area contributed by atoms with E-state index in [-0.39, 0.29) is 0 Å². The molecule has 0 aliphatic heterocycles. The lowest BCUT2D eigenvalue weighted by molar-refractivity contribution is 0.916. The van der Waals surface area contributed by atoms with Crippen LogP contribution >= 0.6 is 0 Å². The Hall–Kier alpha value is -1.30. The minimum absolute atomic E-state index is 1.16. The van der Waals surface area contributed by atoms with Crippen molar-refractivity contribution in [2.75, 3.05) is 0 Å². The summed E-state index contributed by atoms with van der Waals surface area (Å²) >= 11 is 0.